The maximum absolute atomic E-state index is 12.0. The van der Waals surface area contributed by atoms with Gasteiger partial charge in [0.25, 0.3) is 0 Å². The normalized spacial score (nSPS) is 26.6. The smallest absolute Gasteiger partial charge is 0.243 e. The molecule has 2 aromatic rings. The van der Waals surface area contributed by atoms with E-state index in [4.69, 9.17) is 0 Å². The summed E-state index contributed by atoms with van der Waals surface area (Å²) in [6.07, 6.45) is 0. The Hall–Kier alpha value is -2.80. The predicted molar refractivity (Wildman–Crippen MR) is 106 cm³/mol. The van der Waals surface area contributed by atoms with Crippen LogP contribution < -0.4 is 5.32 Å². The van der Waals surface area contributed by atoms with E-state index in [1.807, 2.05) is 62.4 Å². The van der Waals surface area contributed by atoms with Gasteiger partial charge in [0.2, 0.25) is 12.1 Å². The Morgan fingerprint density at radius 2 is 1.07 bits per heavy atom. The lowest BCUT2D eigenvalue weighted by Gasteiger charge is -2.44. The number of hydrogen-bond acceptors (Lipinski definition) is 5. The molecule has 0 radical (unpaired) electrons. The number of aryl methyl sites for hydroxylation is 2. The highest BCUT2D eigenvalue weighted by molar-refractivity contribution is 5.31. The van der Waals surface area contributed by atoms with E-state index in [1.54, 1.807) is 13.8 Å². The Morgan fingerprint density at radius 3 is 1.36 bits per heavy atom. The largest absolute Gasteiger partial charge is 0.291 e. The molecule has 4 atom stereocenters. The molecule has 7 nitrogen and oxygen atoms in total. The van der Waals surface area contributed by atoms with Crippen LogP contribution in [0.3, 0.4) is 0 Å². The third kappa shape index (κ3) is 3.49. The molecule has 1 aliphatic rings. The SMILES string of the molecule is Cc1ccc([C@@H]2N[C@@H](c3ccc(C)cc3)[C@@H]([N+](=O)[O-])C(C)(C)[C@H]2[N+](=O)[O-])cc1. The summed E-state index contributed by atoms with van der Waals surface area (Å²) in [6, 6.07) is 11.5. The molecule has 0 amide bonds. The maximum Gasteiger partial charge on any atom is 0.243 e. The van der Waals surface area contributed by atoms with Crippen LogP contribution in [0.1, 0.15) is 48.2 Å². The first-order valence-corrected chi connectivity index (χ1v) is 9.29. The van der Waals surface area contributed by atoms with E-state index in [1.165, 1.54) is 0 Å². The van der Waals surface area contributed by atoms with Crippen molar-refractivity contribution < 1.29 is 9.85 Å². The quantitative estimate of drug-likeness (QED) is 0.635. The van der Waals surface area contributed by atoms with Gasteiger partial charge < -0.3 is 0 Å². The number of rotatable bonds is 4. The van der Waals surface area contributed by atoms with E-state index in [2.05, 4.69) is 5.32 Å². The van der Waals surface area contributed by atoms with Crippen LogP contribution in [0.5, 0.6) is 0 Å². The summed E-state index contributed by atoms with van der Waals surface area (Å²) >= 11 is 0. The summed E-state index contributed by atoms with van der Waals surface area (Å²) in [5, 5.41) is 27.3. The van der Waals surface area contributed by atoms with Crippen molar-refractivity contribution in [2.24, 2.45) is 5.41 Å². The van der Waals surface area contributed by atoms with Crippen LogP contribution in [-0.2, 0) is 0 Å². The molecule has 1 saturated heterocycles. The third-order valence-corrected chi connectivity index (χ3v) is 5.84. The van der Waals surface area contributed by atoms with Crippen molar-refractivity contribution in [2.45, 2.75) is 51.9 Å². The van der Waals surface area contributed by atoms with Gasteiger partial charge in [-0.2, -0.15) is 0 Å². The molecule has 0 aromatic heterocycles. The molecule has 1 aliphatic heterocycles. The van der Waals surface area contributed by atoms with Gasteiger partial charge in [0.1, 0.15) is 17.5 Å². The fourth-order valence-corrected chi connectivity index (χ4v) is 4.30. The molecule has 0 saturated carbocycles. The minimum absolute atomic E-state index is 0.376. The first-order chi connectivity index (χ1) is 13.1. The van der Waals surface area contributed by atoms with Gasteiger partial charge in [-0.1, -0.05) is 59.7 Å². The molecule has 0 aliphatic carbocycles. The minimum atomic E-state index is -1.16. The highest BCUT2D eigenvalue weighted by Crippen LogP contribution is 2.46. The van der Waals surface area contributed by atoms with Crippen molar-refractivity contribution in [1.29, 1.82) is 0 Å². The van der Waals surface area contributed by atoms with Crippen molar-refractivity contribution in [3.05, 3.63) is 91.0 Å². The number of benzene rings is 2. The molecule has 0 spiro atoms. The first-order valence-electron chi connectivity index (χ1n) is 9.29. The standard InChI is InChI=1S/C21H25N3O4/c1-13-5-9-15(10-6-13)17-19(23(25)26)21(3,4)20(24(27)28)18(22-17)16-11-7-14(2)8-12-16/h5-12,17-20,22H,1-4H3/t17-,18-,19-,20+/m0/s1. The second-order valence-electron chi connectivity index (χ2n) is 8.23. The van der Waals surface area contributed by atoms with Gasteiger partial charge in [-0.15, -0.1) is 0 Å². The molecule has 7 heteroatoms. The molecule has 1 heterocycles. The van der Waals surface area contributed by atoms with Gasteiger partial charge in [-0.3, -0.25) is 25.5 Å². The van der Waals surface area contributed by atoms with Gasteiger partial charge in [0, 0.05) is 9.85 Å². The summed E-state index contributed by atoms with van der Waals surface area (Å²) in [5.41, 5.74) is 2.46. The van der Waals surface area contributed by atoms with Crippen LogP contribution >= 0.6 is 0 Å². The number of nitro groups is 2. The van der Waals surface area contributed by atoms with Gasteiger partial charge in [-0.25, -0.2) is 0 Å². The van der Waals surface area contributed by atoms with Crippen LogP contribution in [-0.4, -0.2) is 21.9 Å². The highest BCUT2D eigenvalue weighted by Gasteiger charge is 2.62. The average molecular weight is 383 g/mol. The fourth-order valence-electron chi connectivity index (χ4n) is 4.30. The molecular formula is C21H25N3O4. The second-order valence-corrected chi connectivity index (χ2v) is 8.23. The first kappa shape index (κ1) is 19.9. The molecule has 1 N–H and O–H groups in total. The van der Waals surface area contributed by atoms with Crippen molar-refractivity contribution in [2.75, 3.05) is 0 Å². The molecule has 0 bridgehead atoms. The molecule has 148 valence electrons. The highest BCUT2D eigenvalue weighted by atomic mass is 16.6. The zero-order valence-electron chi connectivity index (χ0n) is 16.5. The Morgan fingerprint density at radius 1 is 0.750 bits per heavy atom. The van der Waals surface area contributed by atoms with Crippen molar-refractivity contribution in [1.82, 2.24) is 5.32 Å². The van der Waals surface area contributed by atoms with E-state index in [0.717, 1.165) is 22.3 Å². The Labute approximate surface area is 164 Å². The Balaban J connectivity index is 2.14. The summed E-state index contributed by atoms with van der Waals surface area (Å²) in [7, 11) is 0. The van der Waals surface area contributed by atoms with Crippen LogP contribution in [0.15, 0.2) is 48.5 Å². The third-order valence-electron chi connectivity index (χ3n) is 5.84. The van der Waals surface area contributed by atoms with E-state index in [0.29, 0.717) is 0 Å². The number of hydrogen-bond donors (Lipinski definition) is 1. The lowest BCUT2D eigenvalue weighted by molar-refractivity contribution is -0.605. The minimum Gasteiger partial charge on any atom is -0.291 e. The van der Waals surface area contributed by atoms with E-state index in [-0.39, 0.29) is 9.85 Å². The van der Waals surface area contributed by atoms with Crippen LogP contribution in [0, 0.1) is 39.5 Å². The molecule has 0 unspecified atom stereocenters. The Bertz CT molecular complexity index is 806. The maximum atomic E-state index is 12.0. The van der Waals surface area contributed by atoms with Crippen LogP contribution in [0.4, 0.5) is 0 Å². The number of piperidine rings is 1. The lowest BCUT2D eigenvalue weighted by Crippen LogP contribution is -2.63. The summed E-state index contributed by atoms with van der Waals surface area (Å²) in [4.78, 5) is 23.3. The van der Waals surface area contributed by atoms with Crippen molar-refractivity contribution in [3.63, 3.8) is 0 Å². The van der Waals surface area contributed by atoms with E-state index >= 15 is 0 Å². The van der Waals surface area contributed by atoms with E-state index in [9.17, 15) is 20.2 Å². The van der Waals surface area contributed by atoms with Crippen molar-refractivity contribution >= 4 is 0 Å². The summed E-state index contributed by atoms with van der Waals surface area (Å²) < 4.78 is 0. The van der Waals surface area contributed by atoms with Gasteiger partial charge in [0.15, 0.2) is 0 Å². The fraction of sp³-hybridized carbons (Fsp3) is 0.429. The molecule has 1 fully saturated rings. The molecular weight excluding hydrogens is 358 g/mol. The van der Waals surface area contributed by atoms with Crippen LogP contribution in [0.2, 0.25) is 0 Å². The molecule has 2 aromatic carbocycles. The summed E-state index contributed by atoms with van der Waals surface area (Å²) in [5.74, 6) is 0. The van der Waals surface area contributed by atoms with Crippen LogP contribution in [0.25, 0.3) is 0 Å². The zero-order chi connectivity index (χ0) is 20.6. The predicted octanol–water partition coefficient (Wildman–Crippen LogP) is 4.01. The number of nitrogens with zero attached hydrogens (tertiary/aromatic N) is 2. The van der Waals surface area contributed by atoms with E-state index < -0.39 is 29.6 Å². The van der Waals surface area contributed by atoms with Gasteiger partial charge >= 0.3 is 0 Å². The van der Waals surface area contributed by atoms with Gasteiger partial charge in [-0.05, 0) is 38.8 Å². The molecule has 28 heavy (non-hydrogen) atoms. The van der Waals surface area contributed by atoms with Crippen molar-refractivity contribution in [3.8, 4) is 0 Å². The average Bonchev–Trinajstić information content (AvgIpc) is 2.60. The number of nitrogens with one attached hydrogen (secondary N) is 1. The molecule has 3 rings (SSSR count). The second kappa shape index (κ2) is 7.31. The monoisotopic (exact) mass is 383 g/mol. The summed E-state index contributed by atoms with van der Waals surface area (Å²) in [6.45, 7) is 7.17. The Kier molecular flexibility index (Phi) is 5.21. The topological polar surface area (TPSA) is 98.3 Å². The lowest BCUT2D eigenvalue weighted by atomic mass is 9.66. The zero-order valence-corrected chi connectivity index (χ0v) is 16.5. The van der Waals surface area contributed by atoms with Gasteiger partial charge in [0.05, 0.1) is 0 Å².